The van der Waals surface area contributed by atoms with Crippen LogP contribution in [0.25, 0.3) is 0 Å². The molecular formula is C13H9Br2FN2O. The number of nitrogens with zero attached hydrogens (tertiary/aromatic N) is 2. The van der Waals surface area contributed by atoms with E-state index in [0.29, 0.717) is 26.6 Å². The lowest BCUT2D eigenvalue weighted by molar-refractivity contribution is 0.455. The molecule has 0 spiro atoms. The van der Waals surface area contributed by atoms with E-state index in [1.807, 2.05) is 0 Å². The van der Waals surface area contributed by atoms with E-state index in [0.717, 1.165) is 18.7 Å². The normalized spacial score (nSPS) is 14.5. The highest BCUT2D eigenvalue weighted by Crippen LogP contribution is 2.39. The van der Waals surface area contributed by atoms with Gasteiger partial charge in [0, 0.05) is 12.0 Å². The molecule has 0 radical (unpaired) electrons. The molecule has 0 bridgehead atoms. The van der Waals surface area contributed by atoms with Crippen molar-refractivity contribution in [2.75, 3.05) is 0 Å². The van der Waals surface area contributed by atoms with Gasteiger partial charge in [0.15, 0.2) is 0 Å². The lowest BCUT2D eigenvalue weighted by atomic mass is 10.3. The van der Waals surface area contributed by atoms with Crippen LogP contribution < -0.4 is 4.74 Å². The van der Waals surface area contributed by atoms with Crippen LogP contribution in [0.15, 0.2) is 33.3 Å². The van der Waals surface area contributed by atoms with Gasteiger partial charge >= 0.3 is 0 Å². The number of hydrogen-bond acceptors (Lipinski definition) is 3. The Balaban J connectivity index is 1.87. The molecule has 1 fully saturated rings. The second kappa shape index (κ2) is 5.17. The molecule has 3 rings (SSSR count). The van der Waals surface area contributed by atoms with Gasteiger partial charge < -0.3 is 4.74 Å². The third-order valence-corrected chi connectivity index (χ3v) is 3.76. The smallest absolute Gasteiger partial charge is 0.223 e. The van der Waals surface area contributed by atoms with Crippen LogP contribution in [-0.2, 0) is 0 Å². The van der Waals surface area contributed by atoms with E-state index in [4.69, 9.17) is 4.74 Å². The Hall–Kier alpha value is -1.01. The Bertz CT molecular complexity index is 632. The largest absolute Gasteiger partial charge is 0.439 e. The predicted octanol–water partition coefficient (Wildman–Crippen LogP) is 4.81. The Labute approximate surface area is 126 Å². The summed E-state index contributed by atoms with van der Waals surface area (Å²) in [5, 5.41) is 0. The van der Waals surface area contributed by atoms with Crippen molar-refractivity contribution >= 4 is 31.9 Å². The van der Waals surface area contributed by atoms with E-state index in [2.05, 4.69) is 41.8 Å². The van der Waals surface area contributed by atoms with Crippen LogP contribution in [0.1, 0.15) is 24.6 Å². The summed E-state index contributed by atoms with van der Waals surface area (Å²) in [5.74, 6) is 1.91. The summed E-state index contributed by atoms with van der Waals surface area (Å²) in [6.45, 7) is 0. The van der Waals surface area contributed by atoms with E-state index in [9.17, 15) is 4.39 Å². The Kier molecular flexibility index (Phi) is 3.54. The molecule has 0 aliphatic heterocycles. The van der Waals surface area contributed by atoms with Gasteiger partial charge in [0.1, 0.15) is 22.0 Å². The van der Waals surface area contributed by atoms with E-state index in [1.165, 1.54) is 6.07 Å². The lowest BCUT2D eigenvalue weighted by Gasteiger charge is -2.07. The molecule has 6 heteroatoms. The first kappa shape index (κ1) is 13.0. The van der Waals surface area contributed by atoms with Gasteiger partial charge in [-0.15, -0.1) is 0 Å². The van der Waals surface area contributed by atoms with Crippen LogP contribution in [0.2, 0.25) is 0 Å². The van der Waals surface area contributed by atoms with Crippen molar-refractivity contribution in [1.29, 1.82) is 0 Å². The Morgan fingerprint density at radius 3 is 2.63 bits per heavy atom. The van der Waals surface area contributed by atoms with Gasteiger partial charge in [0.05, 0.1) is 4.47 Å². The molecule has 1 heterocycles. The van der Waals surface area contributed by atoms with Crippen molar-refractivity contribution in [3.63, 3.8) is 0 Å². The molecule has 1 aromatic carbocycles. The zero-order valence-corrected chi connectivity index (χ0v) is 12.9. The van der Waals surface area contributed by atoms with Crippen LogP contribution >= 0.6 is 31.9 Å². The van der Waals surface area contributed by atoms with Gasteiger partial charge in [-0.3, -0.25) is 0 Å². The number of halogens is 3. The monoisotopic (exact) mass is 386 g/mol. The minimum atomic E-state index is -0.324. The van der Waals surface area contributed by atoms with Crippen LogP contribution in [0, 0.1) is 5.82 Å². The van der Waals surface area contributed by atoms with Crippen LogP contribution in [-0.4, -0.2) is 9.97 Å². The maximum Gasteiger partial charge on any atom is 0.223 e. The standard InChI is InChI=1S/C13H9Br2FN2O/c14-9-5-8(3-4-10(9)16)19-12-6-11(15)17-13(18-12)7-1-2-7/h3-7H,1-2H2. The molecule has 0 unspecified atom stereocenters. The van der Waals surface area contributed by atoms with Crippen molar-refractivity contribution in [1.82, 2.24) is 9.97 Å². The molecule has 0 atom stereocenters. The van der Waals surface area contributed by atoms with Crippen molar-refractivity contribution in [3.05, 3.63) is 45.0 Å². The summed E-state index contributed by atoms with van der Waals surface area (Å²) in [6.07, 6.45) is 2.25. The molecule has 0 amide bonds. The maximum absolute atomic E-state index is 13.1. The second-order valence-electron chi connectivity index (χ2n) is 4.34. The quantitative estimate of drug-likeness (QED) is 0.709. The summed E-state index contributed by atoms with van der Waals surface area (Å²) < 4.78 is 19.8. The van der Waals surface area contributed by atoms with Crippen LogP contribution in [0.5, 0.6) is 11.6 Å². The van der Waals surface area contributed by atoms with Gasteiger partial charge in [0.25, 0.3) is 0 Å². The van der Waals surface area contributed by atoms with Gasteiger partial charge in [-0.2, -0.15) is 4.98 Å². The van der Waals surface area contributed by atoms with Crippen molar-refractivity contribution in [2.24, 2.45) is 0 Å². The highest BCUT2D eigenvalue weighted by atomic mass is 79.9. The molecule has 1 aliphatic carbocycles. The fraction of sp³-hybridized carbons (Fsp3) is 0.231. The Morgan fingerprint density at radius 2 is 1.95 bits per heavy atom. The molecule has 3 nitrogen and oxygen atoms in total. The molecule has 1 aliphatic rings. The number of ether oxygens (including phenoxy) is 1. The van der Waals surface area contributed by atoms with Gasteiger partial charge in [-0.1, -0.05) is 0 Å². The molecule has 0 N–H and O–H groups in total. The van der Waals surface area contributed by atoms with Crippen molar-refractivity contribution < 1.29 is 9.13 Å². The first-order valence-corrected chi connectivity index (χ1v) is 7.38. The fourth-order valence-electron chi connectivity index (χ4n) is 1.65. The lowest BCUT2D eigenvalue weighted by Crippen LogP contribution is -1.96. The average Bonchev–Trinajstić information content (AvgIpc) is 3.17. The highest BCUT2D eigenvalue weighted by Gasteiger charge is 2.27. The van der Waals surface area contributed by atoms with E-state index >= 15 is 0 Å². The average molecular weight is 388 g/mol. The molecule has 19 heavy (non-hydrogen) atoms. The first-order chi connectivity index (χ1) is 9.11. The summed E-state index contributed by atoms with van der Waals surface area (Å²) in [4.78, 5) is 8.70. The Morgan fingerprint density at radius 1 is 1.16 bits per heavy atom. The van der Waals surface area contributed by atoms with Crippen LogP contribution in [0.3, 0.4) is 0 Å². The minimum absolute atomic E-state index is 0.324. The fourth-order valence-corrected chi connectivity index (χ4v) is 2.39. The number of aromatic nitrogens is 2. The summed E-state index contributed by atoms with van der Waals surface area (Å²) >= 11 is 6.47. The SMILES string of the molecule is Fc1ccc(Oc2cc(Br)nc(C3CC3)n2)cc1Br. The van der Waals surface area contributed by atoms with Crippen molar-refractivity contribution in [2.45, 2.75) is 18.8 Å². The zero-order chi connectivity index (χ0) is 13.4. The first-order valence-electron chi connectivity index (χ1n) is 5.79. The van der Waals surface area contributed by atoms with E-state index in [1.54, 1.807) is 18.2 Å². The molecule has 1 saturated carbocycles. The highest BCUT2D eigenvalue weighted by molar-refractivity contribution is 9.10. The molecule has 98 valence electrons. The summed E-state index contributed by atoms with van der Waals surface area (Å²) in [6, 6.07) is 6.18. The van der Waals surface area contributed by atoms with Crippen molar-refractivity contribution in [3.8, 4) is 11.6 Å². The topological polar surface area (TPSA) is 35.0 Å². The maximum atomic E-state index is 13.1. The third kappa shape index (κ3) is 3.12. The van der Waals surface area contributed by atoms with E-state index < -0.39 is 0 Å². The molecular weight excluding hydrogens is 379 g/mol. The van der Waals surface area contributed by atoms with Crippen LogP contribution in [0.4, 0.5) is 4.39 Å². The summed E-state index contributed by atoms with van der Waals surface area (Å²) in [7, 11) is 0. The third-order valence-electron chi connectivity index (χ3n) is 2.74. The summed E-state index contributed by atoms with van der Waals surface area (Å²) in [5.41, 5.74) is 0. The number of rotatable bonds is 3. The minimum Gasteiger partial charge on any atom is -0.439 e. The molecule has 1 aromatic heterocycles. The van der Waals surface area contributed by atoms with Gasteiger partial charge in [0.2, 0.25) is 5.88 Å². The predicted molar refractivity (Wildman–Crippen MR) is 75.9 cm³/mol. The number of hydrogen-bond donors (Lipinski definition) is 0. The van der Waals surface area contributed by atoms with E-state index in [-0.39, 0.29) is 5.82 Å². The van der Waals surface area contributed by atoms with Gasteiger partial charge in [-0.25, -0.2) is 9.37 Å². The number of benzene rings is 1. The van der Waals surface area contributed by atoms with Gasteiger partial charge in [-0.05, 0) is 62.9 Å². The second-order valence-corrected chi connectivity index (χ2v) is 6.01. The molecule has 2 aromatic rings. The molecule has 0 saturated heterocycles. The zero-order valence-electron chi connectivity index (χ0n) is 9.74.